The second kappa shape index (κ2) is 3.32. The highest BCUT2D eigenvalue weighted by molar-refractivity contribution is 5.26. The Morgan fingerprint density at radius 3 is 2.15 bits per heavy atom. The van der Waals surface area contributed by atoms with E-state index in [0.717, 1.165) is 18.2 Å². The largest absolute Gasteiger partial charge is 0.416 e. The van der Waals surface area contributed by atoms with Gasteiger partial charge in [-0.1, -0.05) is 12.1 Å². The summed E-state index contributed by atoms with van der Waals surface area (Å²) in [5, 5.41) is 0. The van der Waals surface area contributed by atoms with Crippen LogP contribution in [0.15, 0.2) is 24.3 Å². The van der Waals surface area contributed by atoms with Gasteiger partial charge in [0.25, 0.3) is 6.43 Å². The quantitative estimate of drug-likeness (QED) is 0.601. The third-order valence-electron chi connectivity index (χ3n) is 1.47. The molecular weight excluding hydrogens is 191 g/mol. The van der Waals surface area contributed by atoms with Crippen molar-refractivity contribution in [2.24, 2.45) is 0 Å². The van der Waals surface area contributed by atoms with Crippen LogP contribution in [0.2, 0.25) is 0 Å². The Morgan fingerprint density at radius 2 is 1.69 bits per heavy atom. The predicted octanol–water partition coefficient (Wildman–Crippen LogP) is 3.64. The molecule has 0 saturated heterocycles. The lowest BCUT2D eigenvalue weighted by Crippen LogP contribution is -2.05. The Balaban J connectivity index is 3.06. The van der Waals surface area contributed by atoms with Gasteiger partial charge in [0.1, 0.15) is 0 Å². The average molecular weight is 196 g/mol. The van der Waals surface area contributed by atoms with E-state index in [1.54, 1.807) is 0 Å². The Bertz CT molecular complexity index is 289. The summed E-state index contributed by atoms with van der Waals surface area (Å²) >= 11 is 0. The monoisotopic (exact) mass is 196 g/mol. The van der Waals surface area contributed by atoms with Gasteiger partial charge in [0.15, 0.2) is 0 Å². The molecule has 0 radical (unpaired) electrons. The van der Waals surface area contributed by atoms with E-state index in [-0.39, 0.29) is 0 Å². The molecular formula is C8H5F5. The third kappa shape index (κ3) is 2.40. The molecule has 5 heteroatoms. The van der Waals surface area contributed by atoms with Gasteiger partial charge in [-0.3, -0.25) is 0 Å². The second-order valence-corrected chi connectivity index (χ2v) is 2.42. The average Bonchev–Trinajstić information content (AvgIpc) is 2.03. The SMILES string of the molecule is FC(F)c1cccc(C(F)(F)F)c1. The molecule has 0 saturated carbocycles. The van der Waals surface area contributed by atoms with Gasteiger partial charge in [0.2, 0.25) is 0 Å². The fourth-order valence-electron chi connectivity index (χ4n) is 0.851. The van der Waals surface area contributed by atoms with Crippen molar-refractivity contribution in [3.8, 4) is 0 Å². The van der Waals surface area contributed by atoms with Gasteiger partial charge >= 0.3 is 6.18 Å². The van der Waals surface area contributed by atoms with Crippen LogP contribution in [0, 0.1) is 0 Å². The molecule has 0 unspecified atom stereocenters. The smallest absolute Gasteiger partial charge is 0.205 e. The molecule has 0 aliphatic heterocycles. The molecule has 0 bridgehead atoms. The summed E-state index contributed by atoms with van der Waals surface area (Å²) in [7, 11) is 0. The number of rotatable bonds is 1. The summed E-state index contributed by atoms with van der Waals surface area (Å²) in [5.41, 5.74) is -1.67. The van der Waals surface area contributed by atoms with Crippen molar-refractivity contribution >= 4 is 0 Å². The van der Waals surface area contributed by atoms with E-state index in [1.807, 2.05) is 0 Å². The second-order valence-electron chi connectivity index (χ2n) is 2.42. The topological polar surface area (TPSA) is 0 Å². The zero-order valence-corrected chi connectivity index (χ0v) is 6.28. The molecule has 0 atom stereocenters. The fourth-order valence-corrected chi connectivity index (χ4v) is 0.851. The number of hydrogen-bond donors (Lipinski definition) is 0. The van der Waals surface area contributed by atoms with Crippen molar-refractivity contribution in [3.05, 3.63) is 35.4 Å². The van der Waals surface area contributed by atoms with Gasteiger partial charge in [-0.05, 0) is 12.1 Å². The van der Waals surface area contributed by atoms with Crippen LogP contribution in [-0.4, -0.2) is 0 Å². The van der Waals surface area contributed by atoms with E-state index in [9.17, 15) is 22.0 Å². The van der Waals surface area contributed by atoms with Crippen molar-refractivity contribution in [1.82, 2.24) is 0 Å². The Hall–Kier alpha value is -1.13. The molecule has 0 aromatic heterocycles. The molecule has 0 amide bonds. The lowest BCUT2D eigenvalue weighted by atomic mass is 10.1. The maximum atomic E-state index is 12.0. The summed E-state index contributed by atoms with van der Waals surface area (Å²) in [5.74, 6) is 0. The van der Waals surface area contributed by atoms with Crippen LogP contribution >= 0.6 is 0 Å². The van der Waals surface area contributed by atoms with Crippen LogP contribution in [0.1, 0.15) is 17.6 Å². The van der Waals surface area contributed by atoms with Crippen molar-refractivity contribution in [3.63, 3.8) is 0 Å². The van der Waals surface area contributed by atoms with E-state index in [1.165, 1.54) is 0 Å². The Labute approximate surface area is 71.0 Å². The molecule has 1 rings (SSSR count). The minimum atomic E-state index is -4.56. The number of alkyl halides is 5. The van der Waals surface area contributed by atoms with Gasteiger partial charge in [0, 0.05) is 5.56 Å². The summed E-state index contributed by atoms with van der Waals surface area (Å²) < 4.78 is 59.9. The molecule has 0 aliphatic carbocycles. The van der Waals surface area contributed by atoms with Crippen LogP contribution in [0.25, 0.3) is 0 Å². The molecule has 0 spiro atoms. The number of hydrogen-bond acceptors (Lipinski definition) is 0. The first-order valence-electron chi connectivity index (χ1n) is 3.36. The first kappa shape index (κ1) is 9.95. The van der Waals surface area contributed by atoms with E-state index >= 15 is 0 Å². The van der Waals surface area contributed by atoms with Gasteiger partial charge in [-0.2, -0.15) is 13.2 Å². The summed E-state index contributed by atoms with van der Waals surface area (Å²) in [6.07, 6.45) is -7.44. The molecule has 0 nitrogen and oxygen atoms in total. The summed E-state index contributed by atoms with van der Waals surface area (Å²) in [4.78, 5) is 0. The highest BCUT2D eigenvalue weighted by Crippen LogP contribution is 2.31. The minimum absolute atomic E-state index is 0.449. The van der Waals surface area contributed by atoms with Crippen molar-refractivity contribution in [2.45, 2.75) is 12.6 Å². The maximum Gasteiger partial charge on any atom is 0.416 e. The van der Waals surface area contributed by atoms with E-state index in [0.29, 0.717) is 6.07 Å². The van der Waals surface area contributed by atoms with Gasteiger partial charge in [-0.25, -0.2) is 8.78 Å². The lowest BCUT2D eigenvalue weighted by Gasteiger charge is -2.07. The van der Waals surface area contributed by atoms with Gasteiger partial charge in [0.05, 0.1) is 5.56 Å². The zero-order chi connectivity index (χ0) is 10.1. The van der Waals surface area contributed by atoms with Gasteiger partial charge < -0.3 is 0 Å². The molecule has 1 aromatic carbocycles. The molecule has 13 heavy (non-hydrogen) atoms. The number of benzene rings is 1. The Morgan fingerprint density at radius 1 is 1.08 bits per heavy atom. The van der Waals surface area contributed by atoms with E-state index in [2.05, 4.69) is 0 Å². The molecule has 0 N–H and O–H groups in total. The normalized spacial score (nSPS) is 12.2. The highest BCUT2D eigenvalue weighted by Gasteiger charge is 2.30. The first-order chi connectivity index (χ1) is 5.91. The van der Waals surface area contributed by atoms with Crippen LogP contribution in [0.4, 0.5) is 22.0 Å². The number of halogens is 5. The van der Waals surface area contributed by atoms with Crippen LogP contribution in [0.3, 0.4) is 0 Å². The molecule has 1 aromatic rings. The maximum absolute atomic E-state index is 12.0. The Kier molecular flexibility index (Phi) is 2.54. The molecule has 0 fully saturated rings. The predicted molar refractivity (Wildman–Crippen MR) is 36.4 cm³/mol. The molecule has 0 aliphatic rings. The zero-order valence-electron chi connectivity index (χ0n) is 6.28. The van der Waals surface area contributed by atoms with E-state index in [4.69, 9.17) is 0 Å². The van der Waals surface area contributed by atoms with Gasteiger partial charge in [-0.15, -0.1) is 0 Å². The standard InChI is InChI=1S/C8H5F5/c9-7(10)5-2-1-3-6(4-5)8(11,12)13/h1-4,7H. The lowest BCUT2D eigenvalue weighted by molar-refractivity contribution is -0.137. The molecule has 72 valence electrons. The highest BCUT2D eigenvalue weighted by atomic mass is 19.4. The van der Waals surface area contributed by atoms with Crippen LogP contribution < -0.4 is 0 Å². The fraction of sp³-hybridized carbons (Fsp3) is 0.250. The molecule has 0 heterocycles. The summed E-state index contributed by atoms with van der Waals surface area (Å²) in [6.45, 7) is 0. The minimum Gasteiger partial charge on any atom is -0.205 e. The van der Waals surface area contributed by atoms with Crippen LogP contribution in [-0.2, 0) is 6.18 Å². The van der Waals surface area contributed by atoms with Crippen molar-refractivity contribution in [1.29, 1.82) is 0 Å². The van der Waals surface area contributed by atoms with Crippen molar-refractivity contribution in [2.75, 3.05) is 0 Å². The third-order valence-corrected chi connectivity index (χ3v) is 1.47. The van der Waals surface area contributed by atoms with Crippen LogP contribution in [0.5, 0.6) is 0 Å². The summed E-state index contributed by atoms with van der Waals surface area (Å²) in [6, 6.07) is 3.13. The first-order valence-corrected chi connectivity index (χ1v) is 3.36. The van der Waals surface area contributed by atoms with Crippen molar-refractivity contribution < 1.29 is 22.0 Å². The van der Waals surface area contributed by atoms with E-state index < -0.39 is 23.7 Å².